The molecule has 1 rings (SSSR count). The average Bonchev–Trinajstić information content (AvgIpc) is 1.88. The lowest BCUT2D eigenvalue weighted by Gasteiger charge is -2.23. The molecule has 0 saturated heterocycles. The lowest BCUT2D eigenvalue weighted by molar-refractivity contribution is 0.105. The maximum absolute atomic E-state index is 5.92. The van der Waals surface area contributed by atoms with Gasteiger partial charge in [0.15, 0.2) is 5.06 Å². The van der Waals surface area contributed by atoms with Gasteiger partial charge in [0.1, 0.15) is 0 Å². The summed E-state index contributed by atoms with van der Waals surface area (Å²) < 4.78 is 5.00. The molecule has 0 radical (unpaired) electrons. The van der Waals surface area contributed by atoms with E-state index in [0.717, 1.165) is 5.03 Å². The largest absolute Gasteiger partial charge is 0.359 e. The number of hydrogen-bond donors (Lipinski definition) is 0. The topological polar surface area (TPSA) is 9.23 Å². The van der Waals surface area contributed by atoms with Crippen molar-refractivity contribution < 1.29 is 4.74 Å². The second-order valence-corrected chi connectivity index (χ2v) is 3.27. The molecule has 1 unspecified atom stereocenters. The average molecular weight is 179 g/mol. The number of halogens is 2. The van der Waals surface area contributed by atoms with Crippen molar-refractivity contribution in [3.05, 3.63) is 23.3 Å². The molecule has 1 atom stereocenters. The van der Waals surface area contributed by atoms with E-state index in [-0.39, 0.29) is 0 Å². The second-order valence-electron chi connectivity index (χ2n) is 2.14. The van der Waals surface area contributed by atoms with E-state index in [4.69, 9.17) is 27.9 Å². The number of alkyl halides is 1. The van der Waals surface area contributed by atoms with Crippen molar-refractivity contribution in [1.82, 2.24) is 0 Å². The highest BCUT2D eigenvalue weighted by Crippen LogP contribution is 2.31. The molecule has 1 aliphatic carbocycles. The zero-order valence-electron chi connectivity index (χ0n) is 5.60. The van der Waals surface area contributed by atoms with Crippen LogP contribution in [0.4, 0.5) is 0 Å². The van der Waals surface area contributed by atoms with Gasteiger partial charge < -0.3 is 4.74 Å². The predicted molar refractivity (Wildman–Crippen MR) is 43.3 cm³/mol. The van der Waals surface area contributed by atoms with Crippen LogP contribution in [-0.2, 0) is 4.74 Å². The fourth-order valence-corrected chi connectivity index (χ4v) is 1.34. The van der Waals surface area contributed by atoms with Crippen LogP contribution >= 0.6 is 23.2 Å². The number of hydrogen-bond acceptors (Lipinski definition) is 1. The lowest BCUT2D eigenvalue weighted by atomic mass is 10.1. The van der Waals surface area contributed by atoms with Crippen LogP contribution in [0.15, 0.2) is 23.3 Å². The molecule has 0 amide bonds. The van der Waals surface area contributed by atoms with Crippen LogP contribution in [0.3, 0.4) is 0 Å². The SMILES string of the molecule is COC1(Cl)C=CC=C(Cl)C1. The Morgan fingerprint density at radius 1 is 1.70 bits per heavy atom. The summed E-state index contributed by atoms with van der Waals surface area (Å²) in [6, 6.07) is 0. The van der Waals surface area contributed by atoms with Crippen molar-refractivity contribution in [2.45, 2.75) is 11.5 Å². The Morgan fingerprint density at radius 2 is 2.40 bits per heavy atom. The lowest BCUT2D eigenvalue weighted by Crippen LogP contribution is -2.22. The summed E-state index contributed by atoms with van der Waals surface area (Å²) in [7, 11) is 1.56. The number of ether oxygens (including phenoxy) is 1. The van der Waals surface area contributed by atoms with Crippen LogP contribution in [-0.4, -0.2) is 12.2 Å². The monoisotopic (exact) mass is 178 g/mol. The van der Waals surface area contributed by atoms with Gasteiger partial charge in [-0.15, -0.1) is 0 Å². The molecule has 3 heteroatoms. The van der Waals surface area contributed by atoms with Crippen molar-refractivity contribution in [1.29, 1.82) is 0 Å². The standard InChI is InChI=1S/C7H8Cl2O/c1-10-7(9)4-2-3-6(8)5-7/h2-4H,5H2,1H3. The van der Waals surface area contributed by atoms with Gasteiger partial charge in [0.2, 0.25) is 0 Å². The van der Waals surface area contributed by atoms with Gasteiger partial charge >= 0.3 is 0 Å². The Balaban J connectivity index is 2.71. The third kappa shape index (κ3) is 1.75. The van der Waals surface area contributed by atoms with Gasteiger partial charge in [-0.2, -0.15) is 0 Å². The maximum Gasteiger partial charge on any atom is 0.165 e. The van der Waals surface area contributed by atoms with Crippen LogP contribution in [0.25, 0.3) is 0 Å². The zero-order valence-corrected chi connectivity index (χ0v) is 7.12. The number of allylic oxidation sites excluding steroid dienone is 2. The fourth-order valence-electron chi connectivity index (χ4n) is 0.785. The summed E-state index contributed by atoms with van der Waals surface area (Å²) in [5, 5.41) is 0.00519. The van der Waals surface area contributed by atoms with Crippen molar-refractivity contribution in [2.24, 2.45) is 0 Å². The van der Waals surface area contributed by atoms with Gasteiger partial charge in [-0.3, -0.25) is 0 Å². The molecule has 0 aromatic heterocycles. The molecule has 0 saturated carbocycles. The van der Waals surface area contributed by atoms with Gasteiger partial charge in [0, 0.05) is 18.6 Å². The summed E-state index contributed by atoms with van der Waals surface area (Å²) in [5.41, 5.74) is 0. The van der Waals surface area contributed by atoms with Gasteiger partial charge in [-0.1, -0.05) is 29.3 Å². The molecule has 0 aromatic carbocycles. The van der Waals surface area contributed by atoms with Crippen LogP contribution in [0, 0.1) is 0 Å². The highest BCUT2D eigenvalue weighted by atomic mass is 35.5. The van der Waals surface area contributed by atoms with E-state index in [9.17, 15) is 0 Å². The van der Waals surface area contributed by atoms with Gasteiger partial charge in [0.05, 0.1) is 0 Å². The molecule has 0 bridgehead atoms. The fraction of sp³-hybridized carbons (Fsp3) is 0.429. The molecule has 0 fully saturated rings. The summed E-state index contributed by atoms with van der Waals surface area (Å²) >= 11 is 11.6. The first-order valence-corrected chi connectivity index (χ1v) is 3.70. The molecule has 1 nitrogen and oxygen atoms in total. The van der Waals surface area contributed by atoms with E-state index < -0.39 is 5.06 Å². The van der Waals surface area contributed by atoms with Crippen molar-refractivity contribution in [3.8, 4) is 0 Å². The summed E-state index contributed by atoms with van der Waals surface area (Å²) in [5.74, 6) is 0. The van der Waals surface area contributed by atoms with Crippen molar-refractivity contribution in [3.63, 3.8) is 0 Å². The number of rotatable bonds is 1. The first kappa shape index (κ1) is 8.12. The molecule has 56 valence electrons. The van der Waals surface area contributed by atoms with Crippen molar-refractivity contribution >= 4 is 23.2 Å². The van der Waals surface area contributed by atoms with Gasteiger partial charge in [-0.25, -0.2) is 0 Å². The van der Waals surface area contributed by atoms with Gasteiger partial charge in [-0.05, 0) is 12.2 Å². The van der Waals surface area contributed by atoms with Gasteiger partial charge in [0.25, 0.3) is 0 Å². The Bertz CT molecular complexity index is 186. The third-order valence-corrected chi connectivity index (χ3v) is 2.04. The van der Waals surface area contributed by atoms with Crippen LogP contribution in [0.5, 0.6) is 0 Å². The highest BCUT2D eigenvalue weighted by Gasteiger charge is 2.25. The van der Waals surface area contributed by atoms with E-state index in [1.807, 2.05) is 0 Å². The molecule has 0 aliphatic heterocycles. The molecule has 0 aromatic rings. The van der Waals surface area contributed by atoms with Crippen LogP contribution in [0.1, 0.15) is 6.42 Å². The Hall–Kier alpha value is 0.0200. The molecular formula is C7H8Cl2O. The minimum atomic E-state index is -0.716. The van der Waals surface area contributed by atoms with E-state index in [1.54, 1.807) is 25.3 Å². The van der Waals surface area contributed by atoms with Crippen LogP contribution < -0.4 is 0 Å². The van der Waals surface area contributed by atoms with E-state index in [1.165, 1.54) is 0 Å². The normalized spacial score (nSPS) is 32.1. The Kier molecular flexibility index (Phi) is 2.40. The molecule has 1 aliphatic rings. The first-order valence-electron chi connectivity index (χ1n) is 2.94. The molecule has 10 heavy (non-hydrogen) atoms. The van der Waals surface area contributed by atoms with E-state index in [2.05, 4.69) is 0 Å². The Labute approximate surface area is 70.3 Å². The molecule has 0 heterocycles. The highest BCUT2D eigenvalue weighted by molar-refractivity contribution is 6.32. The molecular weight excluding hydrogens is 171 g/mol. The smallest absolute Gasteiger partial charge is 0.165 e. The number of methoxy groups -OCH3 is 1. The predicted octanol–water partition coefficient (Wildman–Crippen LogP) is 2.65. The summed E-state index contributed by atoms with van der Waals surface area (Å²) in [6.45, 7) is 0. The summed E-state index contributed by atoms with van der Waals surface area (Å²) in [4.78, 5) is 0. The quantitative estimate of drug-likeness (QED) is 0.562. The second kappa shape index (κ2) is 2.95. The van der Waals surface area contributed by atoms with E-state index >= 15 is 0 Å². The zero-order chi connectivity index (χ0) is 7.61. The Morgan fingerprint density at radius 3 is 2.80 bits per heavy atom. The minimum absolute atomic E-state index is 0.545. The first-order chi connectivity index (χ1) is 4.66. The molecule has 0 spiro atoms. The van der Waals surface area contributed by atoms with Crippen molar-refractivity contribution in [2.75, 3.05) is 7.11 Å². The minimum Gasteiger partial charge on any atom is -0.359 e. The van der Waals surface area contributed by atoms with Crippen LogP contribution in [0.2, 0.25) is 0 Å². The van der Waals surface area contributed by atoms with E-state index in [0.29, 0.717) is 6.42 Å². The summed E-state index contributed by atoms with van der Waals surface area (Å²) in [6.07, 6.45) is 5.92. The third-order valence-electron chi connectivity index (χ3n) is 1.37. The maximum atomic E-state index is 5.92. The molecule has 0 N–H and O–H groups in total.